The van der Waals surface area contributed by atoms with Crippen molar-refractivity contribution in [3.05, 3.63) is 34.2 Å². The third-order valence-corrected chi connectivity index (χ3v) is 5.34. The maximum absolute atomic E-state index is 13.9. The van der Waals surface area contributed by atoms with Crippen molar-refractivity contribution in [2.24, 2.45) is 0 Å². The van der Waals surface area contributed by atoms with Gasteiger partial charge in [0.05, 0.1) is 6.04 Å². The molecule has 0 saturated carbocycles. The molecule has 0 aromatic carbocycles. The van der Waals surface area contributed by atoms with E-state index in [0.29, 0.717) is 24.7 Å². The van der Waals surface area contributed by atoms with E-state index in [0.717, 1.165) is 13.1 Å². The van der Waals surface area contributed by atoms with E-state index in [1.54, 1.807) is 18.3 Å². The van der Waals surface area contributed by atoms with Gasteiger partial charge >= 0.3 is 0 Å². The molecule has 0 amide bonds. The number of aromatic nitrogens is 2. The van der Waals surface area contributed by atoms with Gasteiger partial charge in [-0.3, -0.25) is 9.80 Å². The van der Waals surface area contributed by atoms with Crippen molar-refractivity contribution >= 4 is 11.3 Å². The molecule has 1 fully saturated rings. The summed E-state index contributed by atoms with van der Waals surface area (Å²) in [6.45, 7) is 5.96. The highest BCUT2D eigenvalue weighted by Gasteiger charge is 2.34. The smallest absolute Gasteiger partial charge is 0.233 e. The van der Waals surface area contributed by atoms with Crippen molar-refractivity contribution in [3.63, 3.8) is 0 Å². The fraction of sp³-hybridized carbons (Fsp3) is 0.625. The molecular formula is C16H23FN4OS. The minimum Gasteiger partial charge on any atom is -0.424 e. The first-order valence-corrected chi connectivity index (χ1v) is 8.81. The van der Waals surface area contributed by atoms with Crippen LogP contribution in [0.15, 0.2) is 21.9 Å². The van der Waals surface area contributed by atoms with Crippen LogP contribution in [0.2, 0.25) is 0 Å². The van der Waals surface area contributed by atoms with Gasteiger partial charge in [0.2, 0.25) is 11.8 Å². The van der Waals surface area contributed by atoms with Gasteiger partial charge in [0.25, 0.3) is 0 Å². The maximum Gasteiger partial charge on any atom is 0.233 e. The van der Waals surface area contributed by atoms with Gasteiger partial charge in [0.15, 0.2) is 0 Å². The molecule has 1 aliphatic rings. The summed E-state index contributed by atoms with van der Waals surface area (Å²) in [6, 6.07) is 4.40. The van der Waals surface area contributed by atoms with Crippen LogP contribution >= 0.6 is 11.3 Å². The Morgan fingerprint density at radius 1 is 1.52 bits per heavy atom. The number of hydrogen-bond acceptors (Lipinski definition) is 6. The molecule has 126 valence electrons. The minimum atomic E-state index is -0.741. The van der Waals surface area contributed by atoms with Crippen LogP contribution in [0.25, 0.3) is 0 Å². The summed E-state index contributed by atoms with van der Waals surface area (Å²) >= 11 is 1.73. The normalized spacial score (nSPS) is 23.7. The van der Waals surface area contributed by atoms with Crippen molar-refractivity contribution in [2.45, 2.75) is 45.1 Å². The predicted octanol–water partition coefficient (Wildman–Crippen LogP) is 3.04. The van der Waals surface area contributed by atoms with Crippen LogP contribution in [-0.2, 0) is 6.54 Å². The number of halogens is 1. The number of aryl methyl sites for hydroxylation is 1. The number of likely N-dealkylation sites (N-methyl/N-ethyl adjacent to an activating group) is 1. The Bertz CT molecular complexity index is 617. The van der Waals surface area contributed by atoms with E-state index in [9.17, 15) is 4.39 Å². The fourth-order valence-electron chi connectivity index (χ4n) is 3.07. The minimum absolute atomic E-state index is 0.0263. The van der Waals surface area contributed by atoms with Crippen LogP contribution < -0.4 is 0 Å². The van der Waals surface area contributed by atoms with Crippen LogP contribution in [-0.4, -0.2) is 52.3 Å². The predicted molar refractivity (Wildman–Crippen MR) is 88.1 cm³/mol. The monoisotopic (exact) mass is 338 g/mol. The van der Waals surface area contributed by atoms with Gasteiger partial charge in [-0.05, 0) is 31.8 Å². The first kappa shape index (κ1) is 16.5. The zero-order chi connectivity index (χ0) is 16.4. The van der Waals surface area contributed by atoms with E-state index in [2.05, 4.69) is 31.4 Å². The summed E-state index contributed by atoms with van der Waals surface area (Å²) < 4.78 is 19.4. The lowest BCUT2D eigenvalue weighted by Gasteiger charge is -2.30. The first-order valence-electron chi connectivity index (χ1n) is 7.93. The van der Waals surface area contributed by atoms with Gasteiger partial charge in [0.1, 0.15) is 6.17 Å². The van der Waals surface area contributed by atoms with Gasteiger partial charge < -0.3 is 4.42 Å². The second kappa shape index (κ2) is 7.07. The zero-order valence-electron chi connectivity index (χ0n) is 13.8. The highest BCUT2D eigenvalue weighted by molar-refractivity contribution is 7.09. The van der Waals surface area contributed by atoms with Crippen molar-refractivity contribution in [1.29, 1.82) is 0 Å². The van der Waals surface area contributed by atoms with Gasteiger partial charge in [-0.15, -0.1) is 21.5 Å². The standard InChI is InChI=1S/C16H23FN4OS/c1-11(16-19-18-12(2)22-16)20(3)9-14-7-13(17)8-21(14)10-15-5-4-6-23-15/h4-6,11,13-14H,7-10H2,1-3H3/t11-,13-,14-/m0/s1. The Hall–Kier alpha value is -1.31. The molecule has 0 aliphatic carbocycles. The molecule has 0 radical (unpaired) electrons. The van der Waals surface area contributed by atoms with E-state index in [1.807, 2.05) is 20.0 Å². The molecule has 0 unspecified atom stereocenters. The third kappa shape index (κ3) is 3.97. The van der Waals surface area contributed by atoms with Crippen LogP contribution in [0.5, 0.6) is 0 Å². The topological polar surface area (TPSA) is 45.4 Å². The number of nitrogens with zero attached hydrogens (tertiary/aromatic N) is 4. The molecule has 0 spiro atoms. The number of hydrogen-bond donors (Lipinski definition) is 0. The highest BCUT2D eigenvalue weighted by Crippen LogP contribution is 2.27. The number of thiophene rings is 1. The third-order valence-electron chi connectivity index (χ3n) is 4.47. The van der Waals surface area contributed by atoms with Gasteiger partial charge in [0, 0.05) is 37.5 Å². The summed E-state index contributed by atoms with van der Waals surface area (Å²) in [5.74, 6) is 1.19. The molecule has 0 bridgehead atoms. The second-order valence-corrected chi connectivity index (χ2v) is 7.30. The Morgan fingerprint density at radius 3 is 3.00 bits per heavy atom. The molecule has 2 aromatic heterocycles. The summed E-state index contributed by atoms with van der Waals surface area (Å²) in [6.07, 6.45) is -0.153. The van der Waals surface area contributed by atoms with Gasteiger partial charge in [-0.1, -0.05) is 6.07 Å². The van der Waals surface area contributed by atoms with Crippen LogP contribution in [0, 0.1) is 6.92 Å². The van der Waals surface area contributed by atoms with Gasteiger partial charge in [-0.25, -0.2) is 4.39 Å². The van der Waals surface area contributed by atoms with Crippen molar-refractivity contribution in [2.75, 3.05) is 20.1 Å². The Morgan fingerprint density at radius 2 is 2.35 bits per heavy atom. The maximum atomic E-state index is 13.9. The molecule has 3 atom stereocenters. The average molecular weight is 338 g/mol. The molecule has 7 heteroatoms. The summed E-state index contributed by atoms with van der Waals surface area (Å²) in [5.41, 5.74) is 0. The molecule has 0 N–H and O–H groups in total. The molecule has 1 saturated heterocycles. The Labute approximate surface area is 140 Å². The molecule has 2 aromatic rings. The lowest BCUT2D eigenvalue weighted by atomic mass is 10.1. The van der Waals surface area contributed by atoms with E-state index in [-0.39, 0.29) is 12.1 Å². The van der Waals surface area contributed by atoms with Crippen molar-refractivity contribution in [1.82, 2.24) is 20.0 Å². The summed E-state index contributed by atoms with van der Waals surface area (Å²) in [4.78, 5) is 5.70. The Kier molecular flexibility index (Phi) is 5.08. The van der Waals surface area contributed by atoms with E-state index in [1.165, 1.54) is 4.88 Å². The fourth-order valence-corrected chi connectivity index (χ4v) is 3.80. The molecule has 3 heterocycles. The lowest BCUT2D eigenvalue weighted by Crippen LogP contribution is -2.39. The number of alkyl halides is 1. The highest BCUT2D eigenvalue weighted by atomic mass is 32.1. The largest absolute Gasteiger partial charge is 0.424 e. The van der Waals surface area contributed by atoms with Crippen LogP contribution in [0.4, 0.5) is 4.39 Å². The lowest BCUT2D eigenvalue weighted by molar-refractivity contribution is 0.148. The first-order chi connectivity index (χ1) is 11.0. The Balaban J connectivity index is 1.62. The summed E-state index contributed by atoms with van der Waals surface area (Å²) in [7, 11) is 2.03. The average Bonchev–Trinajstić information content (AvgIpc) is 3.22. The number of likely N-dealkylation sites (tertiary alicyclic amines) is 1. The molecule has 3 rings (SSSR count). The molecule has 1 aliphatic heterocycles. The van der Waals surface area contributed by atoms with Gasteiger partial charge in [-0.2, -0.15) is 0 Å². The van der Waals surface area contributed by atoms with E-state index >= 15 is 0 Å². The SMILES string of the molecule is Cc1nnc([C@H](C)N(C)C[C@@H]2C[C@H](F)CN2Cc2cccs2)o1. The second-order valence-electron chi connectivity index (χ2n) is 6.27. The van der Waals surface area contributed by atoms with Crippen molar-refractivity contribution < 1.29 is 8.81 Å². The number of rotatable bonds is 6. The van der Waals surface area contributed by atoms with E-state index in [4.69, 9.17) is 4.42 Å². The zero-order valence-corrected chi connectivity index (χ0v) is 14.6. The summed E-state index contributed by atoms with van der Waals surface area (Å²) in [5, 5.41) is 10.0. The molecular weight excluding hydrogens is 315 g/mol. The van der Waals surface area contributed by atoms with Crippen LogP contribution in [0.1, 0.15) is 36.0 Å². The molecule has 23 heavy (non-hydrogen) atoms. The van der Waals surface area contributed by atoms with Crippen molar-refractivity contribution in [3.8, 4) is 0 Å². The van der Waals surface area contributed by atoms with E-state index < -0.39 is 6.17 Å². The van der Waals surface area contributed by atoms with Crippen LogP contribution in [0.3, 0.4) is 0 Å². The molecule has 5 nitrogen and oxygen atoms in total. The quantitative estimate of drug-likeness (QED) is 0.810.